The number of hydrogen-bond acceptors (Lipinski definition) is 4. The van der Waals surface area contributed by atoms with Crippen LogP contribution >= 0.6 is 0 Å². The summed E-state index contributed by atoms with van der Waals surface area (Å²) in [6.45, 7) is 2.91. The fourth-order valence-corrected chi connectivity index (χ4v) is 2.75. The molecule has 1 fully saturated rings. The van der Waals surface area contributed by atoms with Crippen LogP contribution in [0.4, 0.5) is 10.2 Å². The second-order valence-electron chi connectivity index (χ2n) is 5.44. The number of hydrogen-bond donors (Lipinski definition) is 1. The monoisotopic (exact) mass is 286 g/mol. The molecule has 3 rings (SSSR count). The van der Waals surface area contributed by atoms with Crippen molar-refractivity contribution in [2.45, 2.75) is 25.4 Å². The first-order valence-corrected chi connectivity index (χ1v) is 7.29. The first-order chi connectivity index (χ1) is 10.3. The van der Waals surface area contributed by atoms with Crippen molar-refractivity contribution >= 4 is 5.82 Å². The van der Waals surface area contributed by atoms with E-state index in [-0.39, 0.29) is 5.82 Å². The van der Waals surface area contributed by atoms with Gasteiger partial charge in [-0.25, -0.2) is 9.37 Å². The highest BCUT2D eigenvalue weighted by atomic mass is 19.1. The fraction of sp³-hybridized carbons (Fsp3) is 0.375. The summed E-state index contributed by atoms with van der Waals surface area (Å²) in [6.07, 6.45) is 7.41. The minimum Gasteiger partial charge on any atom is -0.365 e. The molecule has 0 radical (unpaired) electrons. The molecule has 1 N–H and O–H groups in total. The Morgan fingerprint density at radius 1 is 1.24 bits per heavy atom. The Balaban J connectivity index is 1.57. The number of aromatic nitrogens is 2. The van der Waals surface area contributed by atoms with Crippen molar-refractivity contribution in [3.05, 3.63) is 54.2 Å². The van der Waals surface area contributed by atoms with Crippen LogP contribution in [-0.2, 0) is 6.54 Å². The number of piperidine rings is 1. The van der Waals surface area contributed by atoms with Gasteiger partial charge in [0.15, 0.2) is 0 Å². The molecule has 0 bridgehead atoms. The zero-order valence-corrected chi connectivity index (χ0v) is 11.9. The lowest BCUT2D eigenvalue weighted by atomic mass is 10.0. The molecule has 5 heteroatoms. The van der Waals surface area contributed by atoms with Crippen molar-refractivity contribution in [2.75, 3.05) is 18.4 Å². The summed E-state index contributed by atoms with van der Waals surface area (Å²) >= 11 is 0. The van der Waals surface area contributed by atoms with E-state index in [0.29, 0.717) is 6.04 Å². The molecule has 1 aromatic heterocycles. The molecule has 0 saturated carbocycles. The van der Waals surface area contributed by atoms with Crippen molar-refractivity contribution in [1.29, 1.82) is 0 Å². The standard InChI is InChI=1S/C16H19FN4/c17-14-5-3-13(4-6-14)11-21-9-1-2-15(12-21)20-16-10-18-7-8-19-16/h3-8,10,15H,1-2,9,11-12H2,(H,19,20). The first kappa shape index (κ1) is 13.9. The second-order valence-corrected chi connectivity index (χ2v) is 5.44. The Kier molecular flexibility index (Phi) is 4.40. The van der Waals surface area contributed by atoms with Crippen LogP contribution in [0.2, 0.25) is 0 Å². The van der Waals surface area contributed by atoms with Crippen molar-refractivity contribution in [3.63, 3.8) is 0 Å². The van der Waals surface area contributed by atoms with Crippen LogP contribution in [0.5, 0.6) is 0 Å². The maximum Gasteiger partial charge on any atom is 0.144 e. The van der Waals surface area contributed by atoms with Gasteiger partial charge in [0.05, 0.1) is 6.20 Å². The van der Waals surface area contributed by atoms with Gasteiger partial charge in [-0.05, 0) is 37.1 Å². The Hall–Kier alpha value is -2.01. The smallest absolute Gasteiger partial charge is 0.144 e. The predicted octanol–water partition coefficient (Wildman–Crippen LogP) is 2.69. The fourth-order valence-electron chi connectivity index (χ4n) is 2.75. The molecular formula is C16H19FN4. The summed E-state index contributed by atoms with van der Waals surface area (Å²) < 4.78 is 12.9. The molecule has 4 nitrogen and oxygen atoms in total. The lowest BCUT2D eigenvalue weighted by molar-refractivity contribution is 0.208. The topological polar surface area (TPSA) is 41.0 Å². The average Bonchev–Trinajstić information content (AvgIpc) is 2.51. The van der Waals surface area contributed by atoms with Crippen LogP contribution in [0, 0.1) is 5.82 Å². The highest BCUT2D eigenvalue weighted by molar-refractivity contribution is 5.31. The van der Waals surface area contributed by atoms with Gasteiger partial charge in [-0.15, -0.1) is 0 Å². The SMILES string of the molecule is Fc1ccc(CN2CCCC(Nc3cnccn3)C2)cc1. The molecule has 1 aromatic carbocycles. The molecule has 110 valence electrons. The summed E-state index contributed by atoms with van der Waals surface area (Å²) in [5.41, 5.74) is 1.15. The maximum absolute atomic E-state index is 12.9. The molecule has 21 heavy (non-hydrogen) atoms. The molecule has 1 saturated heterocycles. The quantitative estimate of drug-likeness (QED) is 0.938. The van der Waals surface area contributed by atoms with Gasteiger partial charge < -0.3 is 5.32 Å². The van der Waals surface area contributed by atoms with E-state index in [1.165, 1.54) is 12.1 Å². The van der Waals surface area contributed by atoms with Crippen molar-refractivity contribution in [1.82, 2.24) is 14.9 Å². The zero-order chi connectivity index (χ0) is 14.5. The van der Waals surface area contributed by atoms with Gasteiger partial charge in [-0.3, -0.25) is 9.88 Å². The highest BCUT2D eigenvalue weighted by Gasteiger charge is 2.20. The van der Waals surface area contributed by atoms with E-state index in [9.17, 15) is 4.39 Å². The normalized spacial score (nSPS) is 19.4. The van der Waals surface area contributed by atoms with Gasteiger partial charge in [0.2, 0.25) is 0 Å². The van der Waals surface area contributed by atoms with Gasteiger partial charge in [-0.1, -0.05) is 12.1 Å². The highest BCUT2D eigenvalue weighted by Crippen LogP contribution is 2.16. The van der Waals surface area contributed by atoms with E-state index in [4.69, 9.17) is 0 Å². The lowest BCUT2D eigenvalue weighted by Crippen LogP contribution is -2.41. The third-order valence-corrected chi connectivity index (χ3v) is 3.74. The van der Waals surface area contributed by atoms with E-state index in [1.54, 1.807) is 18.6 Å². The third kappa shape index (κ3) is 3.98. The van der Waals surface area contributed by atoms with Gasteiger partial charge in [-0.2, -0.15) is 0 Å². The summed E-state index contributed by atoms with van der Waals surface area (Å²) in [6, 6.07) is 7.14. The van der Waals surface area contributed by atoms with E-state index in [1.807, 2.05) is 12.1 Å². The van der Waals surface area contributed by atoms with Crippen molar-refractivity contribution < 1.29 is 4.39 Å². The number of likely N-dealkylation sites (tertiary alicyclic amines) is 1. The predicted molar refractivity (Wildman–Crippen MR) is 80.4 cm³/mol. The molecule has 1 aliphatic heterocycles. The number of benzene rings is 1. The van der Waals surface area contributed by atoms with Gasteiger partial charge in [0, 0.05) is 31.5 Å². The van der Waals surface area contributed by atoms with Crippen LogP contribution in [0.25, 0.3) is 0 Å². The second kappa shape index (κ2) is 6.63. The van der Waals surface area contributed by atoms with Crippen LogP contribution in [0.1, 0.15) is 18.4 Å². The summed E-state index contributed by atoms with van der Waals surface area (Å²) in [5.74, 6) is 0.644. The van der Waals surface area contributed by atoms with E-state index >= 15 is 0 Å². The molecule has 1 aliphatic rings. The van der Waals surface area contributed by atoms with Crippen molar-refractivity contribution in [3.8, 4) is 0 Å². The molecule has 1 unspecified atom stereocenters. The Morgan fingerprint density at radius 3 is 2.86 bits per heavy atom. The number of anilines is 1. The Bertz CT molecular complexity index is 558. The summed E-state index contributed by atoms with van der Waals surface area (Å²) in [4.78, 5) is 10.7. The lowest BCUT2D eigenvalue weighted by Gasteiger charge is -2.33. The third-order valence-electron chi connectivity index (χ3n) is 3.74. The van der Waals surface area contributed by atoms with Crippen LogP contribution in [0.15, 0.2) is 42.9 Å². The minimum absolute atomic E-state index is 0.181. The number of nitrogens with one attached hydrogen (secondary N) is 1. The summed E-state index contributed by atoms with van der Waals surface area (Å²) in [5, 5.41) is 3.43. The maximum atomic E-state index is 12.9. The van der Waals surface area contributed by atoms with E-state index in [0.717, 1.165) is 43.9 Å². The molecule has 2 heterocycles. The molecule has 0 amide bonds. The van der Waals surface area contributed by atoms with Gasteiger partial charge >= 0.3 is 0 Å². The molecular weight excluding hydrogens is 267 g/mol. The van der Waals surface area contributed by atoms with Crippen LogP contribution < -0.4 is 5.32 Å². The van der Waals surface area contributed by atoms with E-state index < -0.39 is 0 Å². The largest absolute Gasteiger partial charge is 0.365 e. The minimum atomic E-state index is -0.181. The van der Waals surface area contributed by atoms with Crippen molar-refractivity contribution in [2.24, 2.45) is 0 Å². The first-order valence-electron chi connectivity index (χ1n) is 7.29. The molecule has 0 spiro atoms. The molecule has 0 aliphatic carbocycles. The molecule has 2 aromatic rings. The zero-order valence-electron chi connectivity index (χ0n) is 11.9. The summed E-state index contributed by atoms with van der Waals surface area (Å²) in [7, 11) is 0. The Morgan fingerprint density at radius 2 is 2.10 bits per heavy atom. The number of halogens is 1. The van der Waals surface area contributed by atoms with Crippen LogP contribution in [-0.4, -0.2) is 34.0 Å². The van der Waals surface area contributed by atoms with Gasteiger partial charge in [0.25, 0.3) is 0 Å². The average molecular weight is 286 g/mol. The Labute approximate surface area is 124 Å². The molecule has 1 atom stereocenters. The van der Waals surface area contributed by atoms with E-state index in [2.05, 4.69) is 20.2 Å². The number of nitrogens with zero attached hydrogens (tertiary/aromatic N) is 3. The van der Waals surface area contributed by atoms with Crippen LogP contribution in [0.3, 0.4) is 0 Å². The van der Waals surface area contributed by atoms with Gasteiger partial charge in [0.1, 0.15) is 11.6 Å². The number of rotatable bonds is 4.